The Labute approximate surface area is 204 Å². The van der Waals surface area contributed by atoms with Gasteiger partial charge in [-0.15, -0.1) is 0 Å². The summed E-state index contributed by atoms with van der Waals surface area (Å²) in [5.74, 6) is -5.25. The molecule has 1 aromatic heterocycles. The summed E-state index contributed by atoms with van der Waals surface area (Å²) in [6.07, 6.45) is -0.0365. The van der Waals surface area contributed by atoms with E-state index in [1.807, 2.05) is 0 Å². The van der Waals surface area contributed by atoms with E-state index >= 15 is 0 Å². The van der Waals surface area contributed by atoms with E-state index in [0.29, 0.717) is 11.1 Å². The molecule has 1 aliphatic heterocycles. The van der Waals surface area contributed by atoms with Gasteiger partial charge in [-0.2, -0.15) is 5.10 Å². The number of nitrogens with one attached hydrogen (secondary N) is 1. The third kappa shape index (κ3) is 4.85. The standard InChI is InChI=1S/C24H24F3N5O4/c1-35-17-7-6-15(25)10-16(17)23(34)30-11-13-2-4-14(5-3-13)20-19(22(29)33)21(28)32(31-20)18-8-9-36-12-24(18,26)27/h2-7,10,18H,8-9,11-12,28H2,1H3,(H2,29,33)(H,30,34). The number of rotatable bonds is 7. The highest BCUT2D eigenvalue weighted by Crippen LogP contribution is 2.39. The monoisotopic (exact) mass is 503 g/mol. The van der Waals surface area contributed by atoms with Gasteiger partial charge in [0.05, 0.1) is 12.7 Å². The van der Waals surface area contributed by atoms with Crippen LogP contribution in [0.3, 0.4) is 0 Å². The number of hydrogen-bond donors (Lipinski definition) is 3. The fourth-order valence-corrected chi connectivity index (χ4v) is 4.06. The number of hydrogen-bond acceptors (Lipinski definition) is 6. The van der Waals surface area contributed by atoms with Crippen molar-refractivity contribution in [1.29, 1.82) is 0 Å². The van der Waals surface area contributed by atoms with Gasteiger partial charge in [0.25, 0.3) is 17.7 Å². The van der Waals surface area contributed by atoms with Gasteiger partial charge in [-0.25, -0.2) is 17.9 Å². The molecule has 0 spiro atoms. The van der Waals surface area contributed by atoms with Gasteiger partial charge < -0.3 is 26.3 Å². The second kappa shape index (κ2) is 9.90. The molecule has 2 amide bonds. The number of halogens is 3. The van der Waals surface area contributed by atoms with Crippen LogP contribution in [0.1, 0.15) is 38.7 Å². The maximum Gasteiger partial charge on any atom is 0.293 e. The van der Waals surface area contributed by atoms with Gasteiger partial charge in [-0.1, -0.05) is 24.3 Å². The van der Waals surface area contributed by atoms with Gasteiger partial charge in [0.15, 0.2) is 0 Å². The van der Waals surface area contributed by atoms with E-state index in [2.05, 4.69) is 10.4 Å². The number of nitrogens with two attached hydrogens (primary N) is 2. The number of carbonyl (C=O) groups excluding carboxylic acids is 2. The number of carbonyl (C=O) groups is 2. The van der Waals surface area contributed by atoms with Crippen LogP contribution in [0.5, 0.6) is 5.75 Å². The van der Waals surface area contributed by atoms with E-state index in [1.165, 1.54) is 19.2 Å². The van der Waals surface area contributed by atoms with Crippen molar-refractivity contribution in [2.75, 3.05) is 26.1 Å². The van der Waals surface area contributed by atoms with Crippen LogP contribution >= 0.6 is 0 Å². The van der Waals surface area contributed by atoms with Gasteiger partial charge in [-0.3, -0.25) is 9.59 Å². The molecule has 1 unspecified atom stereocenters. The molecule has 2 aromatic carbocycles. The highest BCUT2D eigenvalue weighted by molar-refractivity contribution is 6.03. The second-order valence-corrected chi connectivity index (χ2v) is 8.26. The van der Waals surface area contributed by atoms with Crippen LogP contribution < -0.4 is 21.5 Å². The zero-order valence-corrected chi connectivity index (χ0v) is 19.3. The van der Waals surface area contributed by atoms with Crippen LogP contribution in [0.2, 0.25) is 0 Å². The summed E-state index contributed by atoms with van der Waals surface area (Å²) in [6, 6.07) is 8.75. The summed E-state index contributed by atoms with van der Waals surface area (Å²) in [6.45, 7) is -0.574. The molecule has 0 radical (unpaired) electrons. The smallest absolute Gasteiger partial charge is 0.293 e. The van der Waals surface area contributed by atoms with E-state index in [-0.39, 0.29) is 48.0 Å². The van der Waals surface area contributed by atoms with Crippen LogP contribution in [-0.4, -0.2) is 47.8 Å². The van der Waals surface area contributed by atoms with Crippen LogP contribution in [0.25, 0.3) is 11.3 Å². The Balaban J connectivity index is 1.56. The first-order valence-corrected chi connectivity index (χ1v) is 11.0. The quantitative estimate of drug-likeness (QED) is 0.454. The minimum absolute atomic E-state index is 0.0365. The molecule has 1 fully saturated rings. The Morgan fingerprint density at radius 1 is 1.25 bits per heavy atom. The Kier molecular flexibility index (Phi) is 6.88. The lowest BCUT2D eigenvalue weighted by Crippen LogP contribution is -2.41. The number of benzene rings is 2. The number of methoxy groups -OCH3 is 1. The Morgan fingerprint density at radius 2 is 1.97 bits per heavy atom. The first kappa shape index (κ1) is 25.0. The fraction of sp³-hybridized carbons (Fsp3) is 0.292. The molecule has 0 aliphatic carbocycles. The molecule has 2 heterocycles. The summed E-state index contributed by atoms with van der Waals surface area (Å²) in [5, 5.41) is 6.90. The zero-order valence-electron chi connectivity index (χ0n) is 19.3. The van der Waals surface area contributed by atoms with Crippen molar-refractivity contribution in [1.82, 2.24) is 15.1 Å². The van der Waals surface area contributed by atoms with E-state index in [9.17, 15) is 22.8 Å². The van der Waals surface area contributed by atoms with Crippen molar-refractivity contribution in [3.05, 3.63) is 65.0 Å². The van der Waals surface area contributed by atoms with E-state index in [1.54, 1.807) is 24.3 Å². The number of nitrogens with zero attached hydrogens (tertiary/aromatic N) is 2. The number of amides is 2. The molecule has 1 atom stereocenters. The molecule has 12 heteroatoms. The van der Waals surface area contributed by atoms with Crippen LogP contribution in [0.4, 0.5) is 19.0 Å². The molecule has 0 saturated carbocycles. The lowest BCUT2D eigenvalue weighted by Gasteiger charge is -2.31. The Bertz CT molecular complexity index is 1290. The van der Waals surface area contributed by atoms with Crippen molar-refractivity contribution >= 4 is 17.6 Å². The van der Waals surface area contributed by atoms with Crippen LogP contribution in [-0.2, 0) is 11.3 Å². The van der Waals surface area contributed by atoms with E-state index < -0.39 is 36.2 Å². The molecule has 5 N–H and O–H groups in total. The maximum atomic E-state index is 14.5. The van der Waals surface area contributed by atoms with Crippen molar-refractivity contribution in [2.24, 2.45) is 5.73 Å². The summed E-state index contributed by atoms with van der Waals surface area (Å²) >= 11 is 0. The first-order valence-electron chi connectivity index (χ1n) is 11.0. The van der Waals surface area contributed by atoms with Crippen molar-refractivity contribution in [3.63, 3.8) is 0 Å². The molecular formula is C24H24F3N5O4. The molecular weight excluding hydrogens is 479 g/mol. The summed E-state index contributed by atoms with van der Waals surface area (Å²) in [5.41, 5.74) is 12.6. The van der Waals surface area contributed by atoms with Crippen LogP contribution in [0, 0.1) is 5.82 Å². The third-order valence-electron chi connectivity index (χ3n) is 5.89. The summed E-state index contributed by atoms with van der Waals surface area (Å²) in [7, 11) is 1.38. The lowest BCUT2D eigenvalue weighted by molar-refractivity contribution is -0.149. The fourth-order valence-electron chi connectivity index (χ4n) is 4.06. The summed E-state index contributed by atoms with van der Waals surface area (Å²) in [4.78, 5) is 24.6. The molecule has 9 nitrogen and oxygen atoms in total. The van der Waals surface area contributed by atoms with E-state index in [0.717, 1.165) is 10.7 Å². The number of nitrogen functional groups attached to an aromatic ring is 1. The predicted molar refractivity (Wildman–Crippen MR) is 124 cm³/mol. The first-order chi connectivity index (χ1) is 17.1. The largest absolute Gasteiger partial charge is 0.496 e. The predicted octanol–water partition coefficient (Wildman–Crippen LogP) is 2.91. The van der Waals surface area contributed by atoms with Crippen molar-refractivity contribution in [3.8, 4) is 17.0 Å². The minimum Gasteiger partial charge on any atom is -0.496 e. The number of primary amides is 1. The van der Waals surface area contributed by atoms with Crippen molar-refractivity contribution < 1.29 is 32.2 Å². The van der Waals surface area contributed by atoms with Crippen molar-refractivity contribution in [2.45, 2.75) is 24.9 Å². The van der Waals surface area contributed by atoms with E-state index in [4.69, 9.17) is 20.9 Å². The third-order valence-corrected chi connectivity index (χ3v) is 5.89. The van der Waals surface area contributed by atoms with Gasteiger partial charge in [-0.05, 0) is 30.2 Å². The normalized spacial score (nSPS) is 16.9. The van der Waals surface area contributed by atoms with Gasteiger partial charge in [0, 0.05) is 18.7 Å². The maximum absolute atomic E-state index is 14.5. The molecule has 190 valence electrons. The van der Waals surface area contributed by atoms with Gasteiger partial charge >= 0.3 is 0 Å². The SMILES string of the molecule is COc1ccc(F)cc1C(=O)NCc1ccc(-c2nn(C3CCOCC3(F)F)c(N)c2C(N)=O)cc1. The molecule has 36 heavy (non-hydrogen) atoms. The number of aromatic nitrogens is 2. The highest BCUT2D eigenvalue weighted by Gasteiger charge is 2.46. The Morgan fingerprint density at radius 3 is 2.61 bits per heavy atom. The zero-order chi connectivity index (χ0) is 26.0. The molecule has 4 rings (SSSR count). The van der Waals surface area contributed by atoms with Gasteiger partial charge in [0.1, 0.15) is 41.3 Å². The average molecular weight is 503 g/mol. The molecule has 0 bridgehead atoms. The lowest BCUT2D eigenvalue weighted by atomic mass is 10.0. The molecule has 1 saturated heterocycles. The number of alkyl halides is 2. The minimum atomic E-state index is -3.23. The average Bonchev–Trinajstić information content (AvgIpc) is 3.19. The highest BCUT2D eigenvalue weighted by atomic mass is 19.3. The second-order valence-electron chi connectivity index (χ2n) is 8.26. The molecule has 1 aliphatic rings. The molecule has 3 aromatic rings. The summed E-state index contributed by atoms with van der Waals surface area (Å²) < 4.78 is 53.4. The Hall–Kier alpha value is -4.06. The van der Waals surface area contributed by atoms with Gasteiger partial charge in [0.2, 0.25) is 0 Å². The number of anilines is 1. The number of ether oxygens (including phenoxy) is 2. The topological polar surface area (TPSA) is 134 Å². The van der Waals surface area contributed by atoms with Crippen LogP contribution in [0.15, 0.2) is 42.5 Å².